The smallest absolute Gasteiger partial charge is 0.108 e. The van der Waals surface area contributed by atoms with E-state index in [2.05, 4.69) is 16.5 Å². The van der Waals surface area contributed by atoms with E-state index in [0.29, 0.717) is 6.04 Å². The van der Waals surface area contributed by atoms with Crippen molar-refractivity contribution >= 4 is 0 Å². The van der Waals surface area contributed by atoms with Crippen molar-refractivity contribution in [3.63, 3.8) is 0 Å². The van der Waals surface area contributed by atoms with E-state index in [1.807, 2.05) is 24.0 Å². The summed E-state index contributed by atoms with van der Waals surface area (Å²) in [5, 5.41) is 7.93. The zero-order valence-electron chi connectivity index (χ0n) is 10.0. The van der Waals surface area contributed by atoms with Crippen LogP contribution in [0.4, 0.5) is 0 Å². The normalized spacial score (nSPS) is 19.2. The van der Waals surface area contributed by atoms with E-state index in [9.17, 15) is 0 Å². The molecule has 0 aliphatic heterocycles. The van der Waals surface area contributed by atoms with Crippen LogP contribution in [-0.4, -0.2) is 9.78 Å². The van der Waals surface area contributed by atoms with Gasteiger partial charge in [0.05, 0.1) is 12.0 Å². The zero-order chi connectivity index (χ0) is 11.7. The summed E-state index contributed by atoms with van der Waals surface area (Å²) >= 11 is 0. The van der Waals surface area contributed by atoms with E-state index in [1.54, 1.807) is 6.26 Å². The van der Waals surface area contributed by atoms with Gasteiger partial charge in [-0.1, -0.05) is 0 Å². The molecule has 90 valence electrons. The first kappa shape index (κ1) is 10.6. The van der Waals surface area contributed by atoms with E-state index in [1.165, 1.54) is 18.4 Å². The number of nitrogens with zero attached hydrogens (tertiary/aromatic N) is 2. The van der Waals surface area contributed by atoms with Gasteiger partial charge in [0.1, 0.15) is 5.76 Å². The standard InChI is InChI=1S/C13H17N3O/c1-16-7-5-10(15-16)9-14-12-3-2-4-13-11(12)6-8-17-13/h5-8,12,14H,2-4,9H2,1H3. The van der Waals surface area contributed by atoms with Crippen LogP contribution >= 0.6 is 0 Å². The first-order chi connectivity index (χ1) is 8.33. The molecular weight excluding hydrogens is 214 g/mol. The summed E-state index contributed by atoms with van der Waals surface area (Å²) in [6, 6.07) is 4.55. The lowest BCUT2D eigenvalue weighted by Gasteiger charge is -2.22. The lowest BCUT2D eigenvalue weighted by Crippen LogP contribution is -2.24. The van der Waals surface area contributed by atoms with Gasteiger partial charge in [-0.2, -0.15) is 5.10 Å². The topological polar surface area (TPSA) is 43.0 Å². The maximum atomic E-state index is 5.48. The summed E-state index contributed by atoms with van der Waals surface area (Å²) in [4.78, 5) is 0. The predicted octanol–water partition coefficient (Wildman–Crippen LogP) is 2.18. The van der Waals surface area contributed by atoms with Gasteiger partial charge in [0, 0.05) is 37.8 Å². The molecule has 0 aromatic carbocycles. The third kappa shape index (κ3) is 2.13. The number of hydrogen-bond acceptors (Lipinski definition) is 3. The molecule has 0 amide bonds. The monoisotopic (exact) mass is 231 g/mol. The van der Waals surface area contributed by atoms with Gasteiger partial charge in [0.25, 0.3) is 0 Å². The van der Waals surface area contributed by atoms with Crippen molar-refractivity contribution in [3.05, 3.63) is 41.6 Å². The zero-order valence-corrected chi connectivity index (χ0v) is 10.0. The van der Waals surface area contributed by atoms with Crippen LogP contribution in [0.25, 0.3) is 0 Å². The molecule has 1 aliphatic carbocycles. The first-order valence-electron chi connectivity index (χ1n) is 6.11. The Kier molecular flexibility index (Phi) is 2.73. The third-order valence-electron chi connectivity index (χ3n) is 3.35. The number of rotatable bonds is 3. The Morgan fingerprint density at radius 3 is 3.29 bits per heavy atom. The van der Waals surface area contributed by atoms with Gasteiger partial charge in [0.2, 0.25) is 0 Å². The van der Waals surface area contributed by atoms with Crippen molar-refractivity contribution in [2.75, 3.05) is 0 Å². The molecule has 0 fully saturated rings. The highest BCUT2D eigenvalue weighted by Gasteiger charge is 2.21. The lowest BCUT2D eigenvalue weighted by molar-refractivity contribution is 0.409. The van der Waals surface area contributed by atoms with Gasteiger partial charge < -0.3 is 9.73 Å². The Hall–Kier alpha value is -1.55. The predicted molar refractivity (Wildman–Crippen MR) is 64.4 cm³/mol. The van der Waals surface area contributed by atoms with Crippen molar-refractivity contribution in [2.45, 2.75) is 31.8 Å². The SMILES string of the molecule is Cn1ccc(CNC2CCCc3occc32)n1. The molecule has 1 N–H and O–H groups in total. The molecule has 0 saturated carbocycles. The molecule has 1 unspecified atom stereocenters. The van der Waals surface area contributed by atoms with Crippen molar-refractivity contribution in [3.8, 4) is 0 Å². The van der Waals surface area contributed by atoms with Gasteiger partial charge in [-0.25, -0.2) is 0 Å². The van der Waals surface area contributed by atoms with E-state index in [0.717, 1.165) is 24.4 Å². The number of hydrogen-bond donors (Lipinski definition) is 1. The summed E-state index contributed by atoms with van der Waals surface area (Å²) < 4.78 is 7.32. The number of aromatic nitrogens is 2. The minimum atomic E-state index is 0.416. The van der Waals surface area contributed by atoms with Crippen LogP contribution in [0.1, 0.15) is 35.9 Å². The Labute approximate surface area is 101 Å². The van der Waals surface area contributed by atoms with E-state index in [-0.39, 0.29) is 0 Å². The van der Waals surface area contributed by atoms with Crippen LogP contribution in [0.15, 0.2) is 29.0 Å². The van der Waals surface area contributed by atoms with Crippen LogP contribution in [-0.2, 0) is 20.0 Å². The molecule has 0 bridgehead atoms. The van der Waals surface area contributed by atoms with Crippen molar-refractivity contribution in [1.82, 2.24) is 15.1 Å². The van der Waals surface area contributed by atoms with Crippen LogP contribution in [0.3, 0.4) is 0 Å². The summed E-state index contributed by atoms with van der Waals surface area (Å²) in [6.45, 7) is 0.816. The maximum Gasteiger partial charge on any atom is 0.108 e. The second-order valence-corrected chi connectivity index (χ2v) is 4.61. The lowest BCUT2D eigenvalue weighted by atomic mass is 9.93. The quantitative estimate of drug-likeness (QED) is 0.880. The van der Waals surface area contributed by atoms with E-state index >= 15 is 0 Å². The van der Waals surface area contributed by atoms with E-state index < -0.39 is 0 Å². The molecule has 0 radical (unpaired) electrons. The Balaban J connectivity index is 1.67. The fraction of sp³-hybridized carbons (Fsp3) is 0.462. The van der Waals surface area contributed by atoms with Crippen LogP contribution in [0.2, 0.25) is 0 Å². The summed E-state index contributed by atoms with van der Waals surface area (Å²) in [6.07, 6.45) is 7.22. The third-order valence-corrected chi connectivity index (χ3v) is 3.35. The van der Waals surface area contributed by atoms with Crippen LogP contribution in [0.5, 0.6) is 0 Å². The van der Waals surface area contributed by atoms with Gasteiger partial charge >= 0.3 is 0 Å². The van der Waals surface area contributed by atoms with Crippen LogP contribution in [0, 0.1) is 0 Å². The Morgan fingerprint density at radius 1 is 1.53 bits per heavy atom. The highest BCUT2D eigenvalue weighted by molar-refractivity contribution is 5.24. The average Bonchev–Trinajstić information content (AvgIpc) is 2.94. The molecule has 17 heavy (non-hydrogen) atoms. The summed E-state index contributed by atoms with van der Waals surface area (Å²) in [5.41, 5.74) is 2.41. The molecule has 1 atom stereocenters. The van der Waals surface area contributed by atoms with Crippen LogP contribution < -0.4 is 5.32 Å². The van der Waals surface area contributed by atoms with Gasteiger partial charge in [-0.3, -0.25) is 4.68 Å². The maximum absolute atomic E-state index is 5.48. The largest absolute Gasteiger partial charge is 0.469 e. The van der Waals surface area contributed by atoms with Gasteiger partial charge in [-0.15, -0.1) is 0 Å². The molecule has 4 heteroatoms. The molecule has 0 saturated heterocycles. The molecular formula is C13H17N3O. The summed E-state index contributed by atoms with van der Waals surface area (Å²) in [5.74, 6) is 1.15. The van der Waals surface area contributed by atoms with E-state index in [4.69, 9.17) is 4.42 Å². The fourth-order valence-corrected chi connectivity index (χ4v) is 2.48. The highest BCUT2D eigenvalue weighted by Crippen LogP contribution is 2.30. The average molecular weight is 231 g/mol. The van der Waals surface area contributed by atoms with Gasteiger partial charge in [0.15, 0.2) is 0 Å². The number of nitrogens with one attached hydrogen (secondary N) is 1. The molecule has 3 rings (SSSR count). The molecule has 2 aromatic heterocycles. The fourth-order valence-electron chi connectivity index (χ4n) is 2.48. The Morgan fingerprint density at radius 2 is 2.47 bits per heavy atom. The molecule has 2 heterocycles. The second-order valence-electron chi connectivity index (χ2n) is 4.61. The second kappa shape index (κ2) is 4.37. The molecule has 0 spiro atoms. The number of furan rings is 1. The summed E-state index contributed by atoms with van der Waals surface area (Å²) in [7, 11) is 1.94. The van der Waals surface area contributed by atoms with Crippen molar-refractivity contribution in [1.29, 1.82) is 0 Å². The Bertz CT molecular complexity index is 500. The van der Waals surface area contributed by atoms with Crippen molar-refractivity contribution in [2.24, 2.45) is 7.05 Å². The number of fused-ring (bicyclic) bond motifs is 1. The molecule has 4 nitrogen and oxygen atoms in total. The highest BCUT2D eigenvalue weighted by atomic mass is 16.3. The molecule has 2 aromatic rings. The molecule has 1 aliphatic rings. The minimum absolute atomic E-state index is 0.416. The number of aryl methyl sites for hydroxylation is 2. The van der Waals surface area contributed by atoms with Gasteiger partial charge in [-0.05, 0) is 25.0 Å². The first-order valence-corrected chi connectivity index (χ1v) is 6.11. The van der Waals surface area contributed by atoms with Crippen molar-refractivity contribution < 1.29 is 4.42 Å². The minimum Gasteiger partial charge on any atom is -0.469 e.